The van der Waals surface area contributed by atoms with Crippen LogP contribution >= 0.6 is 0 Å². The lowest BCUT2D eigenvalue weighted by atomic mass is 9.83. The van der Waals surface area contributed by atoms with E-state index in [1.165, 1.54) is 12.5 Å². The van der Waals surface area contributed by atoms with Crippen molar-refractivity contribution in [1.82, 2.24) is 0 Å². The average Bonchev–Trinajstić information content (AvgIpc) is 2.87. The van der Waals surface area contributed by atoms with E-state index < -0.39 is 0 Å². The second-order valence-corrected chi connectivity index (χ2v) is 5.73. The fourth-order valence-electron chi connectivity index (χ4n) is 3.45. The van der Waals surface area contributed by atoms with Gasteiger partial charge in [-0.25, -0.2) is 0 Å². The first-order valence-corrected chi connectivity index (χ1v) is 7.18. The molecular formula is C16H19NO3. The third-order valence-electron chi connectivity index (χ3n) is 4.40. The van der Waals surface area contributed by atoms with Gasteiger partial charge < -0.3 is 10.1 Å². The lowest BCUT2D eigenvalue weighted by Crippen LogP contribution is -2.30. The Labute approximate surface area is 118 Å². The number of ether oxygens (including phenoxy) is 1. The Bertz CT molecular complexity index is 567. The number of carbonyl (C=O) groups is 2. The minimum atomic E-state index is -0.296. The molecule has 1 saturated carbocycles. The molecule has 1 aromatic carbocycles. The number of benzene rings is 1. The zero-order valence-electron chi connectivity index (χ0n) is 11.8. The highest BCUT2D eigenvalue weighted by Crippen LogP contribution is 2.46. The second-order valence-electron chi connectivity index (χ2n) is 5.73. The van der Waals surface area contributed by atoms with Gasteiger partial charge in [-0.1, -0.05) is 18.6 Å². The molecule has 106 valence electrons. The van der Waals surface area contributed by atoms with E-state index in [2.05, 4.69) is 11.4 Å². The molecule has 1 aromatic rings. The van der Waals surface area contributed by atoms with Crippen molar-refractivity contribution < 1.29 is 14.3 Å². The van der Waals surface area contributed by atoms with Crippen molar-refractivity contribution in [2.24, 2.45) is 5.92 Å². The molecule has 0 bridgehead atoms. The van der Waals surface area contributed by atoms with Gasteiger partial charge in [-0.05, 0) is 42.9 Å². The Hall–Kier alpha value is -1.84. The molecule has 3 rings (SSSR count). The zero-order valence-corrected chi connectivity index (χ0v) is 11.8. The van der Waals surface area contributed by atoms with Crippen molar-refractivity contribution in [1.29, 1.82) is 0 Å². The number of carbonyl (C=O) groups excluding carboxylic acids is 2. The van der Waals surface area contributed by atoms with Gasteiger partial charge in [0.15, 0.2) is 0 Å². The lowest BCUT2D eigenvalue weighted by molar-refractivity contribution is -0.145. The fourth-order valence-corrected chi connectivity index (χ4v) is 3.45. The van der Waals surface area contributed by atoms with Crippen molar-refractivity contribution in [3.8, 4) is 0 Å². The van der Waals surface area contributed by atoms with Crippen molar-refractivity contribution in [3.05, 3.63) is 29.3 Å². The number of anilines is 1. The Kier molecular flexibility index (Phi) is 3.24. The summed E-state index contributed by atoms with van der Waals surface area (Å²) >= 11 is 0. The molecule has 3 atom stereocenters. The molecule has 0 spiro atoms. The van der Waals surface area contributed by atoms with Crippen molar-refractivity contribution in [3.63, 3.8) is 0 Å². The number of fused-ring (bicyclic) bond motifs is 3. The average molecular weight is 273 g/mol. The van der Waals surface area contributed by atoms with Crippen LogP contribution < -0.4 is 5.32 Å². The number of rotatable bonds is 2. The van der Waals surface area contributed by atoms with Crippen LogP contribution in [-0.4, -0.2) is 11.9 Å². The Morgan fingerprint density at radius 2 is 2.10 bits per heavy atom. The van der Waals surface area contributed by atoms with Gasteiger partial charge in [0.2, 0.25) is 5.91 Å². The van der Waals surface area contributed by atoms with Gasteiger partial charge >= 0.3 is 5.97 Å². The highest BCUT2D eigenvalue weighted by atomic mass is 16.5. The lowest BCUT2D eigenvalue weighted by Gasteiger charge is -2.29. The van der Waals surface area contributed by atoms with Gasteiger partial charge in [-0.2, -0.15) is 0 Å². The standard InChI is InChI=1S/C16H19NO3/c1-9(20-10(2)18)11-6-7-13-12-4-3-5-14(12)16(19)17-15(13)8-11/h6-9,12,14H,3-5H2,1-2H3,(H,17,19). The smallest absolute Gasteiger partial charge is 0.303 e. The van der Waals surface area contributed by atoms with Crippen LogP contribution in [0.25, 0.3) is 0 Å². The minimum Gasteiger partial charge on any atom is -0.458 e. The van der Waals surface area contributed by atoms with E-state index in [1.807, 2.05) is 19.1 Å². The van der Waals surface area contributed by atoms with Crippen LogP contribution in [0.2, 0.25) is 0 Å². The number of amides is 1. The second kappa shape index (κ2) is 4.93. The number of esters is 1. The van der Waals surface area contributed by atoms with Gasteiger partial charge in [0, 0.05) is 18.5 Å². The van der Waals surface area contributed by atoms with Gasteiger partial charge in [-0.15, -0.1) is 0 Å². The largest absolute Gasteiger partial charge is 0.458 e. The maximum absolute atomic E-state index is 12.1. The maximum Gasteiger partial charge on any atom is 0.303 e. The fraction of sp³-hybridized carbons (Fsp3) is 0.500. The number of hydrogen-bond acceptors (Lipinski definition) is 3. The van der Waals surface area contributed by atoms with Crippen molar-refractivity contribution in [2.45, 2.75) is 45.1 Å². The molecule has 0 saturated heterocycles. The molecule has 4 nitrogen and oxygen atoms in total. The van der Waals surface area contributed by atoms with Crippen LogP contribution in [0.1, 0.15) is 56.3 Å². The van der Waals surface area contributed by atoms with Gasteiger partial charge in [0.1, 0.15) is 6.10 Å². The molecule has 3 unspecified atom stereocenters. The van der Waals surface area contributed by atoms with Crippen molar-refractivity contribution >= 4 is 17.6 Å². The summed E-state index contributed by atoms with van der Waals surface area (Å²) < 4.78 is 5.19. The van der Waals surface area contributed by atoms with Crippen LogP contribution in [-0.2, 0) is 14.3 Å². The predicted molar refractivity (Wildman–Crippen MR) is 75.3 cm³/mol. The molecule has 0 aromatic heterocycles. The molecule has 1 aliphatic carbocycles. The van der Waals surface area contributed by atoms with Crippen molar-refractivity contribution in [2.75, 3.05) is 5.32 Å². The Morgan fingerprint density at radius 1 is 1.35 bits per heavy atom. The quantitative estimate of drug-likeness (QED) is 0.842. The molecule has 4 heteroatoms. The number of nitrogens with one attached hydrogen (secondary N) is 1. The molecule has 1 N–H and O–H groups in total. The van der Waals surface area contributed by atoms with E-state index >= 15 is 0 Å². The van der Waals surface area contributed by atoms with E-state index in [1.54, 1.807) is 0 Å². The van der Waals surface area contributed by atoms with Gasteiger partial charge in [0.25, 0.3) is 0 Å². The normalized spacial score (nSPS) is 25.4. The first kappa shape index (κ1) is 13.2. The Morgan fingerprint density at radius 3 is 2.85 bits per heavy atom. The predicted octanol–water partition coefficient (Wildman–Crippen LogP) is 3.15. The van der Waals surface area contributed by atoms with Crippen LogP contribution in [0.15, 0.2) is 18.2 Å². The van der Waals surface area contributed by atoms with Crippen LogP contribution in [0, 0.1) is 5.92 Å². The molecule has 1 fully saturated rings. The zero-order chi connectivity index (χ0) is 14.3. The van der Waals surface area contributed by atoms with Crippen LogP contribution in [0.5, 0.6) is 0 Å². The SMILES string of the molecule is CC(=O)OC(C)c1ccc2c(c1)NC(=O)C1CCCC21. The summed E-state index contributed by atoms with van der Waals surface area (Å²) in [6, 6.07) is 6.02. The first-order chi connectivity index (χ1) is 9.56. The summed E-state index contributed by atoms with van der Waals surface area (Å²) in [7, 11) is 0. The van der Waals surface area contributed by atoms with E-state index in [4.69, 9.17) is 4.74 Å². The van der Waals surface area contributed by atoms with Gasteiger partial charge in [-0.3, -0.25) is 9.59 Å². The topological polar surface area (TPSA) is 55.4 Å². The molecule has 20 heavy (non-hydrogen) atoms. The molecule has 1 aliphatic heterocycles. The minimum absolute atomic E-state index is 0.136. The molecular weight excluding hydrogens is 254 g/mol. The summed E-state index contributed by atoms with van der Waals surface area (Å²) in [5.41, 5.74) is 3.02. The number of hydrogen-bond donors (Lipinski definition) is 1. The van der Waals surface area contributed by atoms with E-state index in [0.29, 0.717) is 5.92 Å². The highest BCUT2D eigenvalue weighted by molar-refractivity contribution is 5.97. The molecule has 0 radical (unpaired) electrons. The van der Waals surface area contributed by atoms with E-state index in [-0.39, 0.29) is 23.9 Å². The summed E-state index contributed by atoms with van der Waals surface area (Å²) in [4.78, 5) is 23.1. The summed E-state index contributed by atoms with van der Waals surface area (Å²) in [5, 5.41) is 3.00. The van der Waals surface area contributed by atoms with Gasteiger partial charge in [0.05, 0.1) is 0 Å². The molecule has 2 aliphatic rings. The van der Waals surface area contributed by atoms with Crippen LogP contribution in [0.3, 0.4) is 0 Å². The summed E-state index contributed by atoms with van der Waals surface area (Å²) in [6.07, 6.45) is 2.90. The summed E-state index contributed by atoms with van der Waals surface area (Å²) in [6.45, 7) is 3.24. The third kappa shape index (κ3) is 2.19. The van der Waals surface area contributed by atoms with E-state index in [9.17, 15) is 9.59 Å². The Balaban J connectivity index is 1.91. The molecule has 1 heterocycles. The monoisotopic (exact) mass is 273 g/mol. The third-order valence-corrected chi connectivity index (χ3v) is 4.40. The van der Waals surface area contributed by atoms with Crippen LogP contribution in [0.4, 0.5) is 5.69 Å². The molecule has 1 amide bonds. The maximum atomic E-state index is 12.1. The first-order valence-electron chi connectivity index (χ1n) is 7.18. The summed E-state index contributed by atoms with van der Waals surface area (Å²) in [5.74, 6) is 0.337. The van der Waals surface area contributed by atoms with E-state index in [0.717, 1.165) is 30.5 Å². The highest BCUT2D eigenvalue weighted by Gasteiger charge is 2.39.